The van der Waals surface area contributed by atoms with E-state index < -0.39 is 11.7 Å². The lowest BCUT2D eigenvalue weighted by Gasteiger charge is -2.19. The quantitative estimate of drug-likeness (QED) is 0.893. The summed E-state index contributed by atoms with van der Waals surface area (Å²) in [6, 6.07) is 5.55. The summed E-state index contributed by atoms with van der Waals surface area (Å²) >= 11 is 6.27. The van der Waals surface area contributed by atoms with E-state index in [0.717, 1.165) is 12.0 Å². The fourth-order valence-corrected chi connectivity index (χ4v) is 2.54. The number of carbonyl (C=O) groups is 1. The fraction of sp³-hybridized carbons (Fsp3) is 0.533. The first-order chi connectivity index (χ1) is 9.30. The number of ether oxygens (including phenoxy) is 1. The molecule has 0 saturated heterocycles. The molecule has 1 aromatic carbocycles. The maximum absolute atomic E-state index is 11.7. The Morgan fingerprint density at radius 2 is 2.20 bits per heavy atom. The predicted molar refractivity (Wildman–Crippen MR) is 81.2 cm³/mol. The number of hydrogen-bond donors (Lipinski definition) is 2. The zero-order valence-corrected chi connectivity index (χ0v) is 12.8. The number of halogens is 1. The number of benzene rings is 1. The Morgan fingerprint density at radius 1 is 1.50 bits per heavy atom. The van der Waals surface area contributed by atoms with Crippen LogP contribution in [0.15, 0.2) is 18.2 Å². The second-order valence-corrected chi connectivity index (χ2v) is 6.61. The summed E-state index contributed by atoms with van der Waals surface area (Å²) in [4.78, 5) is 11.7. The molecule has 2 unspecified atom stereocenters. The van der Waals surface area contributed by atoms with Gasteiger partial charge in [0, 0.05) is 10.7 Å². The van der Waals surface area contributed by atoms with Crippen molar-refractivity contribution in [1.29, 1.82) is 0 Å². The molecule has 5 heteroatoms. The van der Waals surface area contributed by atoms with Crippen molar-refractivity contribution in [3.63, 3.8) is 0 Å². The number of nitrogens with one attached hydrogen (secondary N) is 1. The highest BCUT2D eigenvalue weighted by atomic mass is 35.5. The van der Waals surface area contributed by atoms with E-state index in [4.69, 9.17) is 22.1 Å². The molecule has 3 N–H and O–H groups in total. The molecule has 1 aliphatic carbocycles. The molecule has 0 aromatic heterocycles. The smallest absolute Gasteiger partial charge is 0.412 e. The highest BCUT2D eigenvalue weighted by Crippen LogP contribution is 2.49. The molecule has 0 bridgehead atoms. The summed E-state index contributed by atoms with van der Waals surface area (Å²) in [7, 11) is 0. The van der Waals surface area contributed by atoms with E-state index in [1.165, 1.54) is 0 Å². The number of rotatable bonds is 3. The lowest BCUT2D eigenvalue weighted by Crippen LogP contribution is -2.27. The molecule has 1 saturated carbocycles. The number of hydrogen-bond acceptors (Lipinski definition) is 3. The van der Waals surface area contributed by atoms with Gasteiger partial charge in [-0.3, -0.25) is 5.32 Å². The van der Waals surface area contributed by atoms with Crippen molar-refractivity contribution in [1.82, 2.24) is 0 Å². The summed E-state index contributed by atoms with van der Waals surface area (Å²) in [6.07, 6.45) is 0.613. The highest BCUT2D eigenvalue weighted by Gasteiger charge is 2.38. The second kappa shape index (κ2) is 5.62. The first-order valence-corrected chi connectivity index (χ1v) is 7.17. The SMILES string of the molecule is CC(C)(C)OC(=O)Nc1ccc(C2CC2CN)c(Cl)c1. The van der Waals surface area contributed by atoms with Crippen LogP contribution in [-0.2, 0) is 4.74 Å². The maximum Gasteiger partial charge on any atom is 0.412 e. The van der Waals surface area contributed by atoms with Gasteiger partial charge in [-0.25, -0.2) is 4.79 Å². The van der Waals surface area contributed by atoms with Crippen molar-refractivity contribution in [2.75, 3.05) is 11.9 Å². The van der Waals surface area contributed by atoms with Gasteiger partial charge in [0.2, 0.25) is 0 Å². The fourth-order valence-electron chi connectivity index (χ4n) is 2.22. The van der Waals surface area contributed by atoms with Crippen LogP contribution < -0.4 is 11.1 Å². The predicted octanol–water partition coefficient (Wildman–Crippen LogP) is 3.75. The van der Waals surface area contributed by atoms with Crippen molar-refractivity contribution >= 4 is 23.4 Å². The molecule has 4 nitrogen and oxygen atoms in total. The van der Waals surface area contributed by atoms with Gasteiger partial charge in [-0.2, -0.15) is 0 Å². The van der Waals surface area contributed by atoms with Crippen molar-refractivity contribution < 1.29 is 9.53 Å². The molecule has 1 amide bonds. The minimum absolute atomic E-state index is 0.461. The van der Waals surface area contributed by atoms with Gasteiger partial charge in [0.05, 0.1) is 0 Å². The van der Waals surface area contributed by atoms with Crippen molar-refractivity contribution in [2.24, 2.45) is 11.7 Å². The Labute approximate surface area is 124 Å². The van der Waals surface area contributed by atoms with Crippen molar-refractivity contribution in [2.45, 2.75) is 38.7 Å². The Hall–Kier alpha value is -1.26. The van der Waals surface area contributed by atoms with Gasteiger partial charge in [-0.05, 0) is 63.3 Å². The van der Waals surface area contributed by atoms with Crippen LogP contribution in [0, 0.1) is 5.92 Å². The Morgan fingerprint density at radius 3 is 2.70 bits per heavy atom. The lowest BCUT2D eigenvalue weighted by molar-refractivity contribution is 0.0636. The van der Waals surface area contributed by atoms with Crippen LogP contribution in [-0.4, -0.2) is 18.2 Å². The Bertz CT molecular complexity index is 511. The molecular weight excluding hydrogens is 276 g/mol. The second-order valence-electron chi connectivity index (χ2n) is 6.20. The van der Waals surface area contributed by atoms with Crippen LogP contribution in [0.5, 0.6) is 0 Å². The summed E-state index contributed by atoms with van der Waals surface area (Å²) < 4.78 is 5.20. The van der Waals surface area contributed by atoms with E-state index in [2.05, 4.69) is 5.32 Å². The van der Waals surface area contributed by atoms with Gasteiger partial charge in [0.15, 0.2) is 0 Å². The molecule has 0 heterocycles. The summed E-state index contributed by atoms with van der Waals surface area (Å²) in [5.74, 6) is 1.00. The molecule has 1 aliphatic rings. The van der Waals surface area contributed by atoms with Gasteiger partial charge in [-0.1, -0.05) is 17.7 Å². The number of amides is 1. The molecule has 20 heavy (non-hydrogen) atoms. The molecule has 110 valence electrons. The normalized spacial score (nSPS) is 21.4. The van der Waals surface area contributed by atoms with E-state index in [9.17, 15) is 4.79 Å². The third-order valence-corrected chi connectivity index (χ3v) is 3.60. The molecule has 0 aliphatic heterocycles. The number of anilines is 1. The van der Waals surface area contributed by atoms with Crippen LogP contribution in [0.2, 0.25) is 5.02 Å². The molecule has 1 aromatic rings. The standard InChI is InChI=1S/C15H21ClN2O2/c1-15(2,3)20-14(19)18-10-4-5-11(13(16)7-10)12-6-9(12)8-17/h4-5,7,9,12H,6,8,17H2,1-3H3,(H,18,19). The van der Waals surface area contributed by atoms with E-state index in [1.54, 1.807) is 6.07 Å². The van der Waals surface area contributed by atoms with Crippen LogP contribution in [0.3, 0.4) is 0 Å². The minimum Gasteiger partial charge on any atom is -0.444 e. The molecule has 1 fully saturated rings. The Kier molecular flexibility index (Phi) is 4.25. The molecule has 0 spiro atoms. The monoisotopic (exact) mass is 296 g/mol. The molecule has 2 rings (SSSR count). The van der Waals surface area contributed by atoms with E-state index in [0.29, 0.717) is 29.1 Å². The number of carbonyl (C=O) groups excluding carboxylic acids is 1. The largest absolute Gasteiger partial charge is 0.444 e. The van der Waals surface area contributed by atoms with Gasteiger partial charge in [-0.15, -0.1) is 0 Å². The average molecular weight is 297 g/mol. The topological polar surface area (TPSA) is 64.3 Å². The maximum atomic E-state index is 11.7. The number of nitrogens with two attached hydrogens (primary N) is 1. The van der Waals surface area contributed by atoms with Gasteiger partial charge in [0.25, 0.3) is 0 Å². The summed E-state index contributed by atoms with van der Waals surface area (Å²) in [5, 5.41) is 3.35. The highest BCUT2D eigenvalue weighted by molar-refractivity contribution is 6.31. The first kappa shape index (κ1) is 15.1. The van der Waals surface area contributed by atoms with Gasteiger partial charge >= 0.3 is 6.09 Å². The van der Waals surface area contributed by atoms with Crippen LogP contribution in [0.4, 0.5) is 10.5 Å². The minimum atomic E-state index is -0.518. The van der Waals surface area contributed by atoms with Crippen LogP contribution in [0.25, 0.3) is 0 Å². The van der Waals surface area contributed by atoms with Crippen LogP contribution >= 0.6 is 11.6 Å². The molecular formula is C15H21ClN2O2. The third-order valence-electron chi connectivity index (χ3n) is 3.27. The van der Waals surface area contributed by atoms with E-state index in [1.807, 2.05) is 32.9 Å². The first-order valence-electron chi connectivity index (χ1n) is 6.79. The van der Waals surface area contributed by atoms with Crippen LogP contribution in [0.1, 0.15) is 38.7 Å². The van der Waals surface area contributed by atoms with Crippen molar-refractivity contribution in [3.05, 3.63) is 28.8 Å². The summed E-state index contributed by atoms with van der Waals surface area (Å²) in [6.45, 7) is 6.16. The third kappa shape index (κ3) is 3.87. The molecule has 2 atom stereocenters. The zero-order chi connectivity index (χ0) is 14.9. The summed E-state index contributed by atoms with van der Waals surface area (Å²) in [5.41, 5.74) is 6.88. The van der Waals surface area contributed by atoms with E-state index >= 15 is 0 Å². The van der Waals surface area contributed by atoms with Crippen molar-refractivity contribution in [3.8, 4) is 0 Å². The molecule has 0 radical (unpaired) electrons. The zero-order valence-electron chi connectivity index (χ0n) is 12.1. The lowest BCUT2D eigenvalue weighted by atomic mass is 10.1. The van der Waals surface area contributed by atoms with Gasteiger partial charge < -0.3 is 10.5 Å². The van der Waals surface area contributed by atoms with E-state index in [-0.39, 0.29) is 0 Å². The van der Waals surface area contributed by atoms with Gasteiger partial charge in [0.1, 0.15) is 5.60 Å². The Balaban J connectivity index is 2.01. The average Bonchev–Trinajstić information content (AvgIpc) is 3.05.